The van der Waals surface area contributed by atoms with Crippen LogP contribution in [0.1, 0.15) is 47.2 Å². The highest BCUT2D eigenvalue weighted by atomic mass is 16.2. The van der Waals surface area contributed by atoms with E-state index in [1.807, 2.05) is 23.2 Å². The lowest BCUT2D eigenvalue weighted by Crippen LogP contribution is -2.29. The molecule has 2 aromatic heterocycles. The highest BCUT2D eigenvalue weighted by molar-refractivity contribution is 5.94. The van der Waals surface area contributed by atoms with Crippen LogP contribution < -0.4 is 0 Å². The average molecular weight is 310 g/mol. The van der Waals surface area contributed by atoms with Crippen LogP contribution in [0.3, 0.4) is 0 Å². The van der Waals surface area contributed by atoms with Gasteiger partial charge >= 0.3 is 0 Å². The number of hydrogen-bond acceptors (Lipinski definition) is 3. The lowest BCUT2D eigenvalue weighted by atomic mass is 10.0. The number of aromatic nitrogens is 3. The summed E-state index contributed by atoms with van der Waals surface area (Å²) in [5.74, 6) is 1.81. The highest BCUT2D eigenvalue weighted by Crippen LogP contribution is 2.37. The summed E-state index contributed by atoms with van der Waals surface area (Å²) in [6, 6.07) is 4.32. The molecule has 1 saturated carbocycles. The van der Waals surface area contributed by atoms with Crippen LogP contribution in [0, 0.1) is 12.8 Å². The summed E-state index contributed by atoms with van der Waals surface area (Å²) in [4.78, 5) is 23.1. The Labute approximate surface area is 136 Å². The van der Waals surface area contributed by atoms with Gasteiger partial charge < -0.3 is 9.47 Å². The van der Waals surface area contributed by atoms with Crippen molar-refractivity contribution in [2.45, 2.75) is 38.6 Å². The smallest absolute Gasteiger partial charge is 0.255 e. The van der Waals surface area contributed by atoms with Crippen LogP contribution in [-0.4, -0.2) is 38.4 Å². The third-order valence-electron chi connectivity index (χ3n) is 4.92. The zero-order valence-corrected chi connectivity index (χ0v) is 13.5. The Morgan fingerprint density at radius 1 is 1.30 bits per heavy atom. The second kappa shape index (κ2) is 5.80. The zero-order valence-electron chi connectivity index (χ0n) is 13.5. The summed E-state index contributed by atoms with van der Waals surface area (Å²) >= 11 is 0. The lowest BCUT2D eigenvalue weighted by molar-refractivity contribution is 0.0786. The molecule has 120 valence electrons. The summed E-state index contributed by atoms with van der Waals surface area (Å²) in [6.07, 6.45) is 9.92. The SMILES string of the molecule is Cc1cnc(CC2CCN(C(=O)c3cccnc3)C2)n1C1CC1. The number of likely N-dealkylation sites (tertiary alicyclic amines) is 1. The Morgan fingerprint density at radius 3 is 2.91 bits per heavy atom. The van der Waals surface area contributed by atoms with Crippen molar-refractivity contribution < 1.29 is 4.79 Å². The first kappa shape index (κ1) is 14.4. The Morgan fingerprint density at radius 2 is 2.17 bits per heavy atom. The molecule has 2 aliphatic rings. The first-order valence-electron chi connectivity index (χ1n) is 8.44. The molecule has 5 nitrogen and oxygen atoms in total. The maximum Gasteiger partial charge on any atom is 0.255 e. The topological polar surface area (TPSA) is 51.0 Å². The van der Waals surface area contributed by atoms with Crippen molar-refractivity contribution in [2.24, 2.45) is 5.92 Å². The minimum atomic E-state index is 0.0994. The van der Waals surface area contributed by atoms with Gasteiger partial charge in [-0.2, -0.15) is 0 Å². The largest absolute Gasteiger partial charge is 0.338 e. The van der Waals surface area contributed by atoms with E-state index >= 15 is 0 Å². The lowest BCUT2D eigenvalue weighted by Gasteiger charge is -2.17. The summed E-state index contributed by atoms with van der Waals surface area (Å²) in [5.41, 5.74) is 1.95. The molecule has 2 fully saturated rings. The van der Waals surface area contributed by atoms with E-state index in [4.69, 9.17) is 0 Å². The van der Waals surface area contributed by atoms with Crippen molar-refractivity contribution in [1.29, 1.82) is 0 Å². The van der Waals surface area contributed by atoms with E-state index in [0.29, 0.717) is 17.5 Å². The number of amides is 1. The zero-order chi connectivity index (χ0) is 15.8. The summed E-state index contributed by atoms with van der Waals surface area (Å²) in [5, 5.41) is 0. The van der Waals surface area contributed by atoms with E-state index in [1.54, 1.807) is 12.4 Å². The average Bonchev–Trinajstić information content (AvgIpc) is 3.19. The predicted molar refractivity (Wildman–Crippen MR) is 87.2 cm³/mol. The minimum Gasteiger partial charge on any atom is -0.338 e. The number of nitrogens with zero attached hydrogens (tertiary/aromatic N) is 4. The quantitative estimate of drug-likeness (QED) is 0.872. The van der Waals surface area contributed by atoms with E-state index in [2.05, 4.69) is 21.5 Å². The number of carbonyl (C=O) groups is 1. The molecule has 0 bridgehead atoms. The fourth-order valence-corrected chi connectivity index (χ4v) is 3.59. The fourth-order valence-electron chi connectivity index (χ4n) is 3.59. The molecule has 0 N–H and O–H groups in total. The third-order valence-corrected chi connectivity index (χ3v) is 4.92. The molecule has 3 heterocycles. The molecule has 1 saturated heterocycles. The Hall–Kier alpha value is -2.17. The van der Waals surface area contributed by atoms with Gasteiger partial charge in [0, 0.05) is 49.8 Å². The minimum absolute atomic E-state index is 0.0994. The number of imidazole rings is 1. The monoisotopic (exact) mass is 310 g/mol. The number of hydrogen-bond donors (Lipinski definition) is 0. The highest BCUT2D eigenvalue weighted by Gasteiger charge is 2.31. The number of pyridine rings is 1. The second-order valence-electron chi connectivity index (χ2n) is 6.77. The van der Waals surface area contributed by atoms with Crippen molar-refractivity contribution >= 4 is 5.91 Å². The third kappa shape index (κ3) is 2.87. The van der Waals surface area contributed by atoms with Gasteiger partial charge in [0.25, 0.3) is 5.91 Å². The van der Waals surface area contributed by atoms with Crippen molar-refractivity contribution in [3.05, 3.63) is 47.8 Å². The molecule has 5 heteroatoms. The molecular formula is C18H22N4O. The van der Waals surface area contributed by atoms with Gasteiger partial charge in [-0.1, -0.05) is 0 Å². The maximum absolute atomic E-state index is 12.5. The van der Waals surface area contributed by atoms with Gasteiger partial charge in [0.1, 0.15) is 5.82 Å². The van der Waals surface area contributed by atoms with E-state index in [9.17, 15) is 4.79 Å². The summed E-state index contributed by atoms with van der Waals surface area (Å²) in [7, 11) is 0. The predicted octanol–water partition coefficient (Wildman–Crippen LogP) is 2.63. The van der Waals surface area contributed by atoms with E-state index in [0.717, 1.165) is 25.9 Å². The first-order chi connectivity index (χ1) is 11.2. The Balaban J connectivity index is 1.42. The Kier molecular flexibility index (Phi) is 3.63. The van der Waals surface area contributed by atoms with Crippen LogP contribution >= 0.6 is 0 Å². The number of rotatable bonds is 4. The maximum atomic E-state index is 12.5. The molecule has 1 atom stereocenters. The van der Waals surface area contributed by atoms with Crippen molar-refractivity contribution in [3.63, 3.8) is 0 Å². The van der Waals surface area contributed by atoms with Gasteiger partial charge in [-0.15, -0.1) is 0 Å². The molecule has 0 spiro atoms. The molecule has 1 amide bonds. The van der Waals surface area contributed by atoms with Gasteiger partial charge in [-0.3, -0.25) is 9.78 Å². The summed E-state index contributed by atoms with van der Waals surface area (Å²) < 4.78 is 2.41. The van der Waals surface area contributed by atoms with Gasteiger partial charge in [-0.05, 0) is 44.2 Å². The van der Waals surface area contributed by atoms with Crippen LogP contribution in [0.5, 0.6) is 0 Å². The molecule has 1 unspecified atom stereocenters. The molecular weight excluding hydrogens is 288 g/mol. The normalized spacial score (nSPS) is 20.9. The molecule has 0 radical (unpaired) electrons. The number of aryl methyl sites for hydroxylation is 1. The van der Waals surface area contributed by atoms with Crippen LogP contribution in [0.2, 0.25) is 0 Å². The van der Waals surface area contributed by atoms with Crippen LogP contribution in [0.25, 0.3) is 0 Å². The Bertz CT molecular complexity index is 705. The van der Waals surface area contributed by atoms with E-state index < -0.39 is 0 Å². The molecule has 23 heavy (non-hydrogen) atoms. The molecule has 0 aromatic carbocycles. The number of carbonyl (C=O) groups excluding carboxylic acids is 1. The van der Waals surface area contributed by atoms with Crippen molar-refractivity contribution in [3.8, 4) is 0 Å². The van der Waals surface area contributed by atoms with E-state index in [1.165, 1.54) is 24.4 Å². The molecule has 2 aromatic rings. The van der Waals surface area contributed by atoms with Gasteiger partial charge in [-0.25, -0.2) is 4.98 Å². The van der Waals surface area contributed by atoms with Gasteiger partial charge in [0.05, 0.1) is 5.56 Å². The van der Waals surface area contributed by atoms with Crippen LogP contribution in [0.15, 0.2) is 30.7 Å². The fraction of sp³-hybridized carbons (Fsp3) is 0.500. The van der Waals surface area contributed by atoms with Crippen molar-refractivity contribution in [2.75, 3.05) is 13.1 Å². The summed E-state index contributed by atoms with van der Waals surface area (Å²) in [6.45, 7) is 3.80. The van der Waals surface area contributed by atoms with Gasteiger partial charge in [0.15, 0.2) is 0 Å². The van der Waals surface area contributed by atoms with Crippen molar-refractivity contribution in [1.82, 2.24) is 19.4 Å². The van der Waals surface area contributed by atoms with Crippen LogP contribution in [-0.2, 0) is 6.42 Å². The van der Waals surface area contributed by atoms with E-state index in [-0.39, 0.29) is 5.91 Å². The molecule has 1 aliphatic heterocycles. The second-order valence-corrected chi connectivity index (χ2v) is 6.77. The van der Waals surface area contributed by atoms with Gasteiger partial charge in [0.2, 0.25) is 0 Å². The van der Waals surface area contributed by atoms with Crippen LogP contribution in [0.4, 0.5) is 0 Å². The molecule has 1 aliphatic carbocycles. The molecule has 4 rings (SSSR count). The standard InChI is InChI=1S/C18H22N4O/c1-13-10-20-17(22(13)16-4-5-16)9-14-6-8-21(12-14)18(23)15-3-2-7-19-11-15/h2-3,7,10-11,14,16H,4-6,8-9,12H2,1H3. The first-order valence-corrected chi connectivity index (χ1v) is 8.44.